The van der Waals surface area contributed by atoms with Gasteiger partial charge >= 0.3 is 0 Å². The van der Waals surface area contributed by atoms with Crippen molar-refractivity contribution < 1.29 is 12.8 Å². The van der Waals surface area contributed by atoms with Crippen molar-refractivity contribution in [2.75, 3.05) is 12.3 Å². The molecule has 0 fully saturated rings. The first-order valence-corrected chi connectivity index (χ1v) is 8.45. The van der Waals surface area contributed by atoms with Gasteiger partial charge in [0.1, 0.15) is 5.82 Å². The quantitative estimate of drug-likeness (QED) is 0.724. The molecule has 4 nitrogen and oxygen atoms in total. The topological polar surface area (TPSA) is 58.2 Å². The van der Waals surface area contributed by atoms with Gasteiger partial charge in [0.25, 0.3) is 0 Å². The molecule has 6 heteroatoms. The van der Waals surface area contributed by atoms with Crippen molar-refractivity contribution in [2.24, 2.45) is 0 Å². The zero-order valence-corrected chi connectivity index (χ0v) is 13.0. The smallest absolute Gasteiger partial charge is 0.212 e. The zero-order chi connectivity index (χ0) is 15.2. The second-order valence-corrected chi connectivity index (χ2v) is 7.02. The average Bonchev–Trinajstić information content (AvgIpc) is 2.34. The fourth-order valence-corrected chi connectivity index (χ4v) is 3.18. The molecule has 0 aliphatic heterocycles. The van der Waals surface area contributed by atoms with Crippen molar-refractivity contribution in [3.05, 3.63) is 35.6 Å². The first kappa shape index (κ1) is 17.1. The largest absolute Gasteiger partial charge is 0.314 e. The Balaban J connectivity index is 2.52. The van der Waals surface area contributed by atoms with E-state index in [1.807, 2.05) is 13.8 Å². The van der Waals surface area contributed by atoms with Crippen LogP contribution in [0.15, 0.2) is 24.3 Å². The van der Waals surface area contributed by atoms with Crippen LogP contribution in [0.2, 0.25) is 0 Å². The Bertz CT molecular complexity index is 518. The summed E-state index contributed by atoms with van der Waals surface area (Å²) in [5, 5.41) is 3.16. The molecule has 0 saturated carbocycles. The van der Waals surface area contributed by atoms with E-state index in [4.69, 9.17) is 0 Å². The molecule has 0 heterocycles. The van der Waals surface area contributed by atoms with Gasteiger partial charge in [-0.25, -0.2) is 17.5 Å². The normalized spacial score (nSPS) is 13.7. The Labute approximate surface area is 120 Å². The van der Waals surface area contributed by atoms with Gasteiger partial charge in [0.05, 0.1) is 5.75 Å². The third-order valence-corrected chi connectivity index (χ3v) is 4.41. The lowest BCUT2D eigenvalue weighted by Crippen LogP contribution is -2.32. The monoisotopic (exact) mass is 302 g/mol. The van der Waals surface area contributed by atoms with E-state index in [-0.39, 0.29) is 5.75 Å². The summed E-state index contributed by atoms with van der Waals surface area (Å²) in [6.45, 7) is 6.30. The van der Waals surface area contributed by atoms with Gasteiger partial charge in [-0.3, -0.25) is 0 Å². The Morgan fingerprint density at radius 2 is 1.85 bits per heavy atom. The summed E-state index contributed by atoms with van der Waals surface area (Å²) < 4.78 is 39.9. The van der Waals surface area contributed by atoms with Crippen LogP contribution in [0.25, 0.3) is 0 Å². The molecule has 1 atom stereocenters. The summed E-state index contributed by atoms with van der Waals surface area (Å²) in [5.74, 6) is -0.366. The minimum Gasteiger partial charge on any atom is -0.314 e. The van der Waals surface area contributed by atoms with Crippen molar-refractivity contribution in [2.45, 2.75) is 39.3 Å². The Morgan fingerprint density at radius 1 is 1.20 bits per heavy atom. The lowest BCUT2D eigenvalue weighted by atomic mass is 10.1. The highest BCUT2D eigenvalue weighted by Gasteiger charge is 2.17. The summed E-state index contributed by atoms with van der Waals surface area (Å²) >= 11 is 0. The van der Waals surface area contributed by atoms with Crippen LogP contribution in [-0.2, 0) is 10.0 Å². The molecule has 0 spiro atoms. The molecular weight excluding hydrogens is 279 g/mol. The molecule has 114 valence electrons. The van der Waals surface area contributed by atoms with Gasteiger partial charge in [0.15, 0.2) is 0 Å². The van der Waals surface area contributed by atoms with Gasteiger partial charge in [-0.15, -0.1) is 0 Å². The molecule has 1 unspecified atom stereocenters. The lowest BCUT2D eigenvalue weighted by Gasteiger charge is -2.15. The van der Waals surface area contributed by atoms with Gasteiger partial charge in [-0.05, 0) is 26.0 Å². The van der Waals surface area contributed by atoms with Crippen LogP contribution in [0.1, 0.15) is 38.8 Å². The van der Waals surface area contributed by atoms with Crippen LogP contribution in [0.4, 0.5) is 4.39 Å². The minimum absolute atomic E-state index is 0.0332. The molecule has 1 aromatic carbocycles. The van der Waals surface area contributed by atoms with Crippen molar-refractivity contribution in [3.8, 4) is 0 Å². The van der Waals surface area contributed by atoms with Gasteiger partial charge in [-0.2, -0.15) is 0 Å². The molecule has 0 amide bonds. The molecule has 0 saturated heterocycles. The van der Waals surface area contributed by atoms with E-state index in [9.17, 15) is 12.8 Å². The highest BCUT2D eigenvalue weighted by atomic mass is 32.2. The van der Waals surface area contributed by atoms with E-state index in [1.54, 1.807) is 25.1 Å². The number of hydrogen-bond acceptors (Lipinski definition) is 3. The maximum atomic E-state index is 13.6. The van der Waals surface area contributed by atoms with Gasteiger partial charge in [0.2, 0.25) is 10.0 Å². The fraction of sp³-hybridized carbons (Fsp3) is 0.571. The van der Waals surface area contributed by atoms with Crippen molar-refractivity contribution in [1.82, 2.24) is 10.0 Å². The maximum absolute atomic E-state index is 13.6. The predicted molar refractivity (Wildman–Crippen MR) is 79.5 cm³/mol. The molecule has 0 aliphatic carbocycles. The number of benzene rings is 1. The Morgan fingerprint density at radius 3 is 2.45 bits per heavy atom. The van der Waals surface area contributed by atoms with Gasteiger partial charge in [-0.1, -0.05) is 32.0 Å². The first-order chi connectivity index (χ1) is 9.32. The summed E-state index contributed by atoms with van der Waals surface area (Å²) in [4.78, 5) is 0. The summed E-state index contributed by atoms with van der Waals surface area (Å²) in [7, 11) is -3.40. The third kappa shape index (κ3) is 5.98. The minimum atomic E-state index is -3.40. The van der Waals surface area contributed by atoms with Crippen LogP contribution in [0, 0.1) is 5.82 Å². The number of hydrogen-bond donors (Lipinski definition) is 2. The molecule has 0 aliphatic rings. The second-order valence-electron chi connectivity index (χ2n) is 5.14. The number of halogens is 1. The Kier molecular flexibility index (Phi) is 6.58. The van der Waals surface area contributed by atoms with E-state index in [1.165, 1.54) is 6.07 Å². The van der Waals surface area contributed by atoms with Crippen LogP contribution in [-0.4, -0.2) is 26.8 Å². The van der Waals surface area contributed by atoms with Crippen LogP contribution in [0.3, 0.4) is 0 Å². The molecule has 1 rings (SSSR count). The highest BCUT2D eigenvalue weighted by Crippen LogP contribution is 2.16. The highest BCUT2D eigenvalue weighted by molar-refractivity contribution is 7.89. The molecule has 2 N–H and O–H groups in total. The lowest BCUT2D eigenvalue weighted by molar-refractivity contribution is 0.541. The zero-order valence-electron chi connectivity index (χ0n) is 12.2. The second kappa shape index (κ2) is 7.71. The average molecular weight is 302 g/mol. The third-order valence-electron chi connectivity index (χ3n) is 2.87. The predicted octanol–water partition coefficient (Wildman–Crippen LogP) is 2.19. The SMILES string of the molecule is CC(C)NCCCS(=O)(=O)NC(C)c1ccccc1F. The van der Waals surface area contributed by atoms with E-state index in [0.717, 1.165) is 0 Å². The van der Waals surface area contributed by atoms with Crippen LogP contribution >= 0.6 is 0 Å². The van der Waals surface area contributed by atoms with Gasteiger partial charge < -0.3 is 5.32 Å². The first-order valence-electron chi connectivity index (χ1n) is 6.79. The fourth-order valence-electron chi connectivity index (χ4n) is 1.87. The standard InChI is InChI=1S/C14H23FN2O2S/c1-11(2)16-9-6-10-20(18,19)17-12(3)13-7-4-5-8-14(13)15/h4-5,7-8,11-12,16-17H,6,9-10H2,1-3H3. The summed E-state index contributed by atoms with van der Waals surface area (Å²) in [5.41, 5.74) is 0.358. The van der Waals surface area contributed by atoms with Crippen LogP contribution < -0.4 is 10.0 Å². The van der Waals surface area contributed by atoms with Crippen molar-refractivity contribution in [1.29, 1.82) is 0 Å². The maximum Gasteiger partial charge on any atom is 0.212 e. The molecule has 1 aromatic rings. The van der Waals surface area contributed by atoms with Crippen LogP contribution in [0.5, 0.6) is 0 Å². The molecule has 20 heavy (non-hydrogen) atoms. The molecule has 0 radical (unpaired) electrons. The molecule has 0 bridgehead atoms. The Hall–Kier alpha value is -0.980. The van der Waals surface area contributed by atoms with Gasteiger partial charge in [0, 0.05) is 17.6 Å². The molecular formula is C14H23FN2O2S. The number of rotatable bonds is 8. The summed E-state index contributed by atoms with van der Waals surface area (Å²) in [6, 6.07) is 5.95. The number of nitrogens with one attached hydrogen (secondary N) is 2. The summed E-state index contributed by atoms with van der Waals surface area (Å²) in [6.07, 6.45) is 0.525. The van der Waals surface area contributed by atoms with E-state index >= 15 is 0 Å². The van der Waals surface area contributed by atoms with Crippen molar-refractivity contribution in [3.63, 3.8) is 0 Å². The van der Waals surface area contributed by atoms with E-state index in [0.29, 0.717) is 24.6 Å². The van der Waals surface area contributed by atoms with Crippen molar-refractivity contribution >= 4 is 10.0 Å². The number of sulfonamides is 1. The molecule has 0 aromatic heterocycles. The van der Waals surface area contributed by atoms with E-state index < -0.39 is 21.9 Å². The van der Waals surface area contributed by atoms with E-state index in [2.05, 4.69) is 10.0 Å².